The fourth-order valence-corrected chi connectivity index (χ4v) is 5.92. The summed E-state index contributed by atoms with van der Waals surface area (Å²) in [4.78, 5) is 14.9. The van der Waals surface area contributed by atoms with Gasteiger partial charge in [-0.2, -0.15) is 4.31 Å². The molecule has 0 saturated carbocycles. The average Bonchev–Trinajstić information content (AvgIpc) is 2.82. The summed E-state index contributed by atoms with van der Waals surface area (Å²) in [6, 6.07) is 10.0. The zero-order chi connectivity index (χ0) is 25.8. The maximum absolute atomic E-state index is 13.0. The van der Waals surface area contributed by atoms with E-state index in [2.05, 4.69) is 10.2 Å². The lowest BCUT2D eigenvalue weighted by Crippen LogP contribution is -2.47. The molecule has 13 heteroatoms. The van der Waals surface area contributed by atoms with Gasteiger partial charge in [0.2, 0.25) is 20.0 Å². The molecule has 0 bridgehead atoms. The third kappa shape index (κ3) is 6.51. The van der Waals surface area contributed by atoms with Gasteiger partial charge in [-0.05, 0) is 49.5 Å². The second-order valence-electron chi connectivity index (χ2n) is 8.21. The molecule has 1 N–H and O–H groups in total. The third-order valence-corrected chi connectivity index (χ3v) is 9.59. The topological polar surface area (TPSA) is 116 Å². The molecule has 1 aliphatic rings. The summed E-state index contributed by atoms with van der Waals surface area (Å²) in [5, 5.41) is 2.80. The molecule has 0 radical (unpaired) electrons. The van der Waals surface area contributed by atoms with Crippen molar-refractivity contribution in [2.45, 2.75) is 9.79 Å². The van der Waals surface area contributed by atoms with Crippen molar-refractivity contribution in [3.63, 3.8) is 0 Å². The lowest BCUT2D eigenvalue weighted by Gasteiger charge is -2.31. The van der Waals surface area contributed by atoms with E-state index in [1.54, 1.807) is 0 Å². The molecule has 1 heterocycles. The number of benzene rings is 2. The first-order valence-electron chi connectivity index (χ1n) is 10.8. The van der Waals surface area contributed by atoms with Crippen LogP contribution in [-0.2, 0) is 20.0 Å². The molecule has 0 aliphatic carbocycles. The second kappa shape index (κ2) is 11.2. The van der Waals surface area contributed by atoms with Gasteiger partial charge in [0.05, 0.1) is 26.9 Å². The van der Waals surface area contributed by atoms with Crippen molar-refractivity contribution in [2.24, 2.45) is 0 Å². The van der Waals surface area contributed by atoms with E-state index >= 15 is 0 Å². The summed E-state index contributed by atoms with van der Waals surface area (Å²) >= 11 is 6.17. The van der Waals surface area contributed by atoms with Gasteiger partial charge in [0.15, 0.2) is 0 Å². The van der Waals surface area contributed by atoms with Crippen molar-refractivity contribution in [2.75, 3.05) is 60.5 Å². The van der Waals surface area contributed by atoms with Gasteiger partial charge in [-0.3, -0.25) is 4.79 Å². The first-order chi connectivity index (χ1) is 16.4. The van der Waals surface area contributed by atoms with Crippen LogP contribution < -0.4 is 10.1 Å². The molecule has 2 aromatic rings. The first-order valence-corrected chi connectivity index (χ1v) is 14.1. The Morgan fingerprint density at radius 1 is 1.00 bits per heavy atom. The number of nitrogens with zero attached hydrogens (tertiary/aromatic N) is 3. The lowest BCUT2D eigenvalue weighted by atomic mass is 10.2. The van der Waals surface area contributed by atoms with Crippen LogP contribution in [0.25, 0.3) is 0 Å². The Bertz CT molecular complexity index is 1260. The first kappa shape index (κ1) is 27.4. The van der Waals surface area contributed by atoms with Gasteiger partial charge in [-0.25, -0.2) is 21.1 Å². The minimum Gasteiger partial charge on any atom is -0.492 e. The molecule has 0 spiro atoms. The molecular weight excluding hydrogens is 516 g/mol. The number of nitrogens with one attached hydrogen (secondary N) is 1. The highest BCUT2D eigenvalue weighted by Crippen LogP contribution is 2.24. The zero-order valence-electron chi connectivity index (χ0n) is 19.8. The quantitative estimate of drug-likeness (QED) is 0.473. The fourth-order valence-electron chi connectivity index (χ4n) is 3.36. The van der Waals surface area contributed by atoms with Gasteiger partial charge in [0.25, 0.3) is 5.91 Å². The third-order valence-electron chi connectivity index (χ3n) is 5.54. The summed E-state index contributed by atoms with van der Waals surface area (Å²) in [7, 11) is -2.44. The van der Waals surface area contributed by atoms with Crippen molar-refractivity contribution in [1.82, 2.24) is 18.8 Å². The van der Waals surface area contributed by atoms with Crippen LogP contribution in [-0.4, -0.2) is 96.7 Å². The predicted molar refractivity (Wildman–Crippen MR) is 133 cm³/mol. The Balaban J connectivity index is 1.58. The van der Waals surface area contributed by atoms with Crippen LogP contribution in [0.5, 0.6) is 5.75 Å². The maximum Gasteiger partial charge on any atom is 0.252 e. The summed E-state index contributed by atoms with van der Waals surface area (Å²) in [6.45, 7) is 2.26. The van der Waals surface area contributed by atoms with E-state index in [1.165, 1.54) is 60.9 Å². The molecule has 1 saturated heterocycles. The Labute approximate surface area is 211 Å². The Kier molecular flexibility index (Phi) is 8.78. The van der Waals surface area contributed by atoms with Crippen LogP contribution in [0, 0.1) is 0 Å². The molecular formula is C22H29ClN4O6S2. The van der Waals surface area contributed by atoms with E-state index in [1.807, 2.05) is 7.05 Å². The number of halogens is 1. The van der Waals surface area contributed by atoms with Crippen molar-refractivity contribution in [3.8, 4) is 5.75 Å². The average molecular weight is 545 g/mol. The Hall–Kier alpha value is -2.22. The van der Waals surface area contributed by atoms with Crippen molar-refractivity contribution in [3.05, 3.63) is 53.1 Å². The number of hydrogen-bond acceptors (Lipinski definition) is 7. The van der Waals surface area contributed by atoms with E-state index in [-0.39, 0.29) is 33.5 Å². The molecule has 0 aromatic heterocycles. The Morgan fingerprint density at radius 2 is 1.60 bits per heavy atom. The van der Waals surface area contributed by atoms with Gasteiger partial charge in [-0.15, -0.1) is 0 Å². The molecule has 0 unspecified atom stereocenters. The predicted octanol–water partition coefficient (Wildman–Crippen LogP) is 1.34. The highest BCUT2D eigenvalue weighted by molar-refractivity contribution is 7.89. The number of carbonyl (C=O) groups excluding carboxylic acids is 1. The largest absolute Gasteiger partial charge is 0.492 e. The number of rotatable bonds is 9. The summed E-state index contributed by atoms with van der Waals surface area (Å²) < 4.78 is 58.3. The van der Waals surface area contributed by atoms with E-state index in [4.69, 9.17) is 16.3 Å². The van der Waals surface area contributed by atoms with Crippen LogP contribution in [0.2, 0.25) is 5.02 Å². The van der Waals surface area contributed by atoms with E-state index in [0.29, 0.717) is 31.9 Å². The van der Waals surface area contributed by atoms with Crippen molar-refractivity contribution >= 4 is 37.6 Å². The molecule has 1 aliphatic heterocycles. The second-order valence-corrected chi connectivity index (χ2v) is 12.7. The lowest BCUT2D eigenvalue weighted by molar-refractivity contribution is 0.0947. The normalized spacial score (nSPS) is 15.8. The molecule has 10 nitrogen and oxygen atoms in total. The minimum absolute atomic E-state index is 0.0145. The smallest absolute Gasteiger partial charge is 0.252 e. The monoisotopic (exact) mass is 544 g/mol. The highest BCUT2D eigenvalue weighted by atomic mass is 35.5. The zero-order valence-corrected chi connectivity index (χ0v) is 22.2. The van der Waals surface area contributed by atoms with E-state index in [0.717, 1.165) is 4.31 Å². The fraction of sp³-hybridized carbons (Fsp3) is 0.409. The number of likely N-dealkylation sites (N-methyl/N-ethyl adjacent to an activating group) is 1. The maximum atomic E-state index is 13.0. The molecule has 35 heavy (non-hydrogen) atoms. The van der Waals surface area contributed by atoms with Crippen LogP contribution in [0.3, 0.4) is 0 Å². The minimum atomic E-state index is -3.74. The molecule has 2 aromatic carbocycles. The summed E-state index contributed by atoms with van der Waals surface area (Å²) in [5.41, 5.74) is 0.0557. The summed E-state index contributed by atoms with van der Waals surface area (Å²) in [5.74, 6) is -0.0864. The number of ether oxygens (including phenoxy) is 1. The molecule has 3 rings (SSSR count). The number of amides is 1. The van der Waals surface area contributed by atoms with Crippen LogP contribution in [0.1, 0.15) is 10.4 Å². The van der Waals surface area contributed by atoms with Crippen LogP contribution >= 0.6 is 11.6 Å². The summed E-state index contributed by atoms with van der Waals surface area (Å²) in [6.07, 6.45) is 0. The van der Waals surface area contributed by atoms with Gasteiger partial charge >= 0.3 is 0 Å². The molecule has 1 fully saturated rings. The van der Waals surface area contributed by atoms with Gasteiger partial charge < -0.3 is 15.0 Å². The number of piperazine rings is 1. The van der Waals surface area contributed by atoms with E-state index < -0.39 is 26.0 Å². The SMILES string of the molecule is CN1CCN(S(=O)(=O)c2ccc(Cl)c(C(=O)NCCOc3ccc(S(=O)(=O)N(C)C)cc3)c2)CC1. The van der Waals surface area contributed by atoms with Gasteiger partial charge in [0.1, 0.15) is 12.4 Å². The van der Waals surface area contributed by atoms with Crippen LogP contribution in [0.15, 0.2) is 52.3 Å². The van der Waals surface area contributed by atoms with Crippen molar-refractivity contribution in [1.29, 1.82) is 0 Å². The number of carbonyl (C=O) groups is 1. The van der Waals surface area contributed by atoms with Gasteiger partial charge in [-0.1, -0.05) is 11.6 Å². The Morgan fingerprint density at radius 3 is 2.20 bits per heavy atom. The van der Waals surface area contributed by atoms with E-state index in [9.17, 15) is 21.6 Å². The van der Waals surface area contributed by atoms with Crippen molar-refractivity contribution < 1.29 is 26.4 Å². The molecule has 0 atom stereocenters. The van der Waals surface area contributed by atoms with Crippen LogP contribution in [0.4, 0.5) is 0 Å². The standard InChI is InChI=1S/C22H29ClN4O6S2/c1-25(2)34(29,30)18-6-4-17(5-7-18)33-15-10-24-22(28)20-16-19(8-9-21(20)23)35(31,32)27-13-11-26(3)12-14-27/h4-9,16H,10-15H2,1-3H3,(H,24,28). The molecule has 192 valence electrons. The van der Waals surface area contributed by atoms with Gasteiger partial charge in [0, 0.05) is 40.3 Å². The number of hydrogen-bond donors (Lipinski definition) is 1. The highest BCUT2D eigenvalue weighted by Gasteiger charge is 2.28. The molecule has 1 amide bonds. The number of sulfonamides is 2.